The quantitative estimate of drug-likeness (QED) is 0.703. The number of carbonyl (C=O) groups excluding carboxylic acids is 1. The van der Waals surface area contributed by atoms with E-state index in [1.165, 1.54) is 0 Å². The summed E-state index contributed by atoms with van der Waals surface area (Å²) in [6, 6.07) is -0.0473. The largest absolute Gasteiger partial charge is 0.444 e. The maximum Gasteiger partial charge on any atom is 0.407 e. The molecule has 1 saturated carbocycles. The summed E-state index contributed by atoms with van der Waals surface area (Å²) >= 11 is 0. The van der Waals surface area contributed by atoms with Crippen molar-refractivity contribution in [3.8, 4) is 0 Å². The predicted molar refractivity (Wildman–Crippen MR) is 83.3 cm³/mol. The number of alkyl carbamates (subject to hydrolysis) is 1. The van der Waals surface area contributed by atoms with E-state index in [1.807, 2.05) is 6.92 Å². The van der Waals surface area contributed by atoms with Crippen molar-refractivity contribution in [1.82, 2.24) is 10.6 Å². The molecule has 0 heterocycles. The summed E-state index contributed by atoms with van der Waals surface area (Å²) in [6.07, 6.45) is -2.58. The van der Waals surface area contributed by atoms with Crippen LogP contribution in [0.3, 0.4) is 0 Å². The van der Waals surface area contributed by atoms with Crippen molar-refractivity contribution in [2.24, 2.45) is 5.92 Å². The summed E-state index contributed by atoms with van der Waals surface area (Å²) in [5.74, 6) is 0.428. The van der Waals surface area contributed by atoms with Crippen molar-refractivity contribution in [1.29, 1.82) is 0 Å². The van der Waals surface area contributed by atoms with Crippen molar-refractivity contribution < 1.29 is 22.7 Å². The standard InChI is InChI=1S/C16H29F3N2O2/c1-11(6-5-9-16(17,18)19)20-10-13(12-7-8-12)21-14(22)23-15(2,3)4/h11-13,20H,5-10H2,1-4H3,(H,21,22). The highest BCUT2D eigenvalue weighted by Gasteiger charge is 2.33. The number of rotatable bonds is 8. The molecule has 2 N–H and O–H groups in total. The van der Waals surface area contributed by atoms with Crippen molar-refractivity contribution in [2.75, 3.05) is 6.54 Å². The number of hydrogen-bond acceptors (Lipinski definition) is 3. The molecule has 4 nitrogen and oxygen atoms in total. The van der Waals surface area contributed by atoms with Crippen LogP contribution in [0.2, 0.25) is 0 Å². The van der Waals surface area contributed by atoms with Gasteiger partial charge in [-0.3, -0.25) is 0 Å². The first-order chi connectivity index (χ1) is 10.5. The molecule has 0 aliphatic heterocycles. The third kappa shape index (κ3) is 10.4. The van der Waals surface area contributed by atoms with Crippen LogP contribution >= 0.6 is 0 Å². The Balaban J connectivity index is 2.29. The molecular weight excluding hydrogens is 309 g/mol. The fraction of sp³-hybridized carbons (Fsp3) is 0.938. The van der Waals surface area contributed by atoms with Gasteiger partial charge < -0.3 is 15.4 Å². The Bertz CT molecular complexity index is 377. The molecule has 0 spiro atoms. The smallest absolute Gasteiger partial charge is 0.407 e. The van der Waals surface area contributed by atoms with Crippen LogP contribution in [0.15, 0.2) is 0 Å². The fourth-order valence-electron chi connectivity index (χ4n) is 2.33. The van der Waals surface area contributed by atoms with Gasteiger partial charge in [-0.2, -0.15) is 13.2 Å². The molecule has 0 aromatic carbocycles. The summed E-state index contributed by atoms with van der Waals surface area (Å²) in [5, 5.41) is 6.09. The average molecular weight is 338 g/mol. The van der Waals surface area contributed by atoms with E-state index in [4.69, 9.17) is 4.74 Å². The van der Waals surface area contributed by atoms with Gasteiger partial charge in [-0.1, -0.05) is 0 Å². The van der Waals surface area contributed by atoms with Crippen molar-refractivity contribution in [3.63, 3.8) is 0 Å². The maximum atomic E-state index is 12.1. The van der Waals surface area contributed by atoms with Gasteiger partial charge in [0.05, 0.1) is 0 Å². The van der Waals surface area contributed by atoms with Crippen LogP contribution in [0.25, 0.3) is 0 Å². The lowest BCUT2D eigenvalue weighted by molar-refractivity contribution is -0.135. The van der Waals surface area contributed by atoms with E-state index in [2.05, 4.69) is 10.6 Å². The van der Waals surface area contributed by atoms with E-state index in [0.717, 1.165) is 12.8 Å². The highest BCUT2D eigenvalue weighted by atomic mass is 19.4. The first kappa shape index (κ1) is 20.1. The number of amides is 1. The van der Waals surface area contributed by atoms with E-state index < -0.39 is 24.3 Å². The van der Waals surface area contributed by atoms with Crippen LogP contribution in [-0.4, -0.2) is 36.5 Å². The third-order valence-electron chi connectivity index (χ3n) is 3.68. The highest BCUT2D eigenvalue weighted by Crippen LogP contribution is 2.32. The molecule has 1 amide bonds. The minimum Gasteiger partial charge on any atom is -0.444 e. The summed E-state index contributed by atoms with van der Waals surface area (Å²) in [4.78, 5) is 11.8. The Morgan fingerprint density at radius 3 is 2.35 bits per heavy atom. The second-order valence-corrected chi connectivity index (χ2v) is 7.41. The SMILES string of the molecule is CC(CCCC(F)(F)F)NCC(NC(=O)OC(C)(C)C)C1CC1. The third-order valence-corrected chi connectivity index (χ3v) is 3.68. The zero-order chi connectivity index (χ0) is 17.7. The summed E-state index contributed by atoms with van der Waals surface area (Å²) in [6.45, 7) is 7.84. The van der Waals surface area contributed by atoms with E-state index in [9.17, 15) is 18.0 Å². The normalized spacial score (nSPS) is 18.4. The molecule has 136 valence electrons. The van der Waals surface area contributed by atoms with Gasteiger partial charge in [-0.05, 0) is 59.3 Å². The van der Waals surface area contributed by atoms with Gasteiger partial charge in [0.25, 0.3) is 0 Å². The Kier molecular flexibility index (Phi) is 7.17. The van der Waals surface area contributed by atoms with Crippen LogP contribution in [0.5, 0.6) is 0 Å². The second-order valence-electron chi connectivity index (χ2n) is 7.41. The van der Waals surface area contributed by atoms with Gasteiger partial charge in [0.1, 0.15) is 5.60 Å². The number of nitrogens with one attached hydrogen (secondary N) is 2. The van der Waals surface area contributed by atoms with E-state index >= 15 is 0 Å². The fourth-order valence-corrected chi connectivity index (χ4v) is 2.33. The van der Waals surface area contributed by atoms with Crippen LogP contribution < -0.4 is 10.6 Å². The first-order valence-corrected chi connectivity index (χ1v) is 8.26. The highest BCUT2D eigenvalue weighted by molar-refractivity contribution is 5.68. The number of alkyl halides is 3. The number of hydrogen-bond donors (Lipinski definition) is 2. The molecule has 0 bridgehead atoms. The van der Waals surface area contributed by atoms with E-state index in [0.29, 0.717) is 18.9 Å². The zero-order valence-electron chi connectivity index (χ0n) is 14.4. The molecule has 7 heteroatoms. The van der Waals surface area contributed by atoms with Gasteiger partial charge in [0.15, 0.2) is 0 Å². The summed E-state index contributed by atoms with van der Waals surface area (Å²) in [7, 11) is 0. The minimum absolute atomic E-state index is 0.0148. The summed E-state index contributed by atoms with van der Waals surface area (Å²) < 4.78 is 41.6. The average Bonchev–Trinajstić information content (AvgIpc) is 3.14. The minimum atomic E-state index is -4.09. The Labute approximate surface area is 136 Å². The Hall–Kier alpha value is -0.980. The van der Waals surface area contributed by atoms with Gasteiger partial charge in [-0.25, -0.2) is 4.79 Å². The first-order valence-electron chi connectivity index (χ1n) is 8.26. The lowest BCUT2D eigenvalue weighted by Crippen LogP contribution is -2.47. The summed E-state index contributed by atoms with van der Waals surface area (Å²) in [5.41, 5.74) is -0.545. The van der Waals surface area contributed by atoms with Crippen LogP contribution in [0.4, 0.5) is 18.0 Å². The molecule has 2 unspecified atom stereocenters. The predicted octanol–water partition coefficient (Wildman–Crippen LogP) is 4.00. The molecule has 2 atom stereocenters. The van der Waals surface area contributed by atoms with E-state index in [1.54, 1.807) is 20.8 Å². The molecule has 1 aliphatic rings. The lowest BCUT2D eigenvalue weighted by atomic mass is 10.1. The van der Waals surface area contributed by atoms with Gasteiger partial charge >= 0.3 is 12.3 Å². The topological polar surface area (TPSA) is 50.4 Å². The zero-order valence-corrected chi connectivity index (χ0v) is 14.4. The monoisotopic (exact) mass is 338 g/mol. The number of halogens is 3. The van der Waals surface area contributed by atoms with Gasteiger partial charge in [-0.15, -0.1) is 0 Å². The van der Waals surface area contributed by atoms with Crippen molar-refractivity contribution in [2.45, 2.75) is 83.7 Å². The molecule has 0 saturated heterocycles. The van der Waals surface area contributed by atoms with Gasteiger partial charge in [0, 0.05) is 25.0 Å². The number of carbonyl (C=O) groups is 1. The second kappa shape index (κ2) is 8.22. The molecule has 0 radical (unpaired) electrons. The number of ether oxygens (including phenoxy) is 1. The molecule has 1 rings (SSSR count). The lowest BCUT2D eigenvalue weighted by Gasteiger charge is -2.25. The van der Waals surface area contributed by atoms with Crippen molar-refractivity contribution >= 4 is 6.09 Å². The molecule has 1 fully saturated rings. The molecule has 1 aliphatic carbocycles. The van der Waals surface area contributed by atoms with Gasteiger partial charge in [0.2, 0.25) is 0 Å². The van der Waals surface area contributed by atoms with Crippen LogP contribution in [0, 0.1) is 5.92 Å². The Morgan fingerprint density at radius 2 is 1.87 bits per heavy atom. The Morgan fingerprint density at radius 1 is 1.26 bits per heavy atom. The molecular formula is C16H29F3N2O2. The van der Waals surface area contributed by atoms with Crippen LogP contribution in [0.1, 0.15) is 59.8 Å². The molecule has 0 aromatic heterocycles. The van der Waals surface area contributed by atoms with Crippen LogP contribution in [-0.2, 0) is 4.74 Å². The maximum absolute atomic E-state index is 12.1. The molecule has 0 aromatic rings. The molecule has 23 heavy (non-hydrogen) atoms. The van der Waals surface area contributed by atoms with E-state index in [-0.39, 0.29) is 18.5 Å². The van der Waals surface area contributed by atoms with Crippen molar-refractivity contribution in [3.05, 3.63) is 0 Å².